The normalized spacial score (nSPS) is 14.6. The summed E-state index contributed by atoms with van der Waals surface area (Å²) in [6.45, 7) is 4.15. The Bertz CT molecular complexity index is 1680. The van der Waals surface area contributed by atoms with Gasteiger partial charge in [-0.2, -0.15) is 0 Å². The molecule has 202 valence electrons. The molecule has 10 heteroatoms. The number of aryl methyl sites for hydroxylation is 1. The summed E-state index contributed by atoms with van der Waals surface area (Å²) < 4.78 is 21.0. The van der Waals surface area contributed by atoms with Crippen molar-refractivity contribution in [3.63, 3.8) is 0 Å². The van der Waals surface area contributed by atoms with Gasteiger partial charge in [-0.15, -0.1) is 0 Å². The zero-order valence-electron chi connectivity index (χ0n) is 21.4. The lowest BCUT2D eigenvalue weighted by Crippen LogP contribution is -2.54. The van der Waals surface area contributed by atoms with Crippen LogP contribution in [0.1, 0.15) is 22.5 Å². The maximum atomic E-state index is 13.5. The van der Waals surface area contributed by atoms with Crippen molar-refractivity contribution in [3.05, 3.63) is 117 Å². The number of hydrogen-bond donors (Lipinski definition) is 1. The number of thiocarbonyl (C=S) groups is 1. The van der Waals surface area contributed by atoms with Gasteiger partial charge in [0.05, 0.1) is 15.7 Å². The van der Waals surface area contributed by atoms with Crippen molar-refractivity contribution in [3.8, 4) is 11.4 Å². The van der Waals surface area contributed by atoms with Crippen LogP contribution in [-0.4, -0.2) is 21.5 Å². The minimum Gasteiger partial charge on any atom is -0.489 e. The molecule has 6 nitrogen and oxygen atoms in total. The Hall–Kier alpha value is -3.98. The summed E-state index contributed by atoms with van der Waals surface area (Å²) in [6.07, 6.45) is 1.55. The van der Waals surface area contributed by atoms with Crippen LogP contribution in [0.4, 0.5) is 10.1 Å². The molecular formula is C30H22Cl2FN3O3S. The number of nitrogens with one attached hydrogen (secondary N) is 1. The molecule has 0 spiro atoms. The molecule has 3 aromatic carbocycles. The highest BCUT2D eigenvalue weighted by molar-refractivity contribution is 7.80. The maximum Gasteiger partial charge on any atom is 0.270 e. The van der Waals surface area contributed by atoms with Gasteiger partial charge >= 0.3 is 0 Å². The number of carbonyl (C=O) groups is 2. The number of hydrogen-bond acceptors (Lipinski definition) is 4. The fourth-order valence-electron chi connectivity index (χ4n) is 4.47. The molecule has 0 bridgehead atoms. The second kappa shape index (κ2) is 11.3. The summed E-state index contributed by atoms with van der Waals surface area (Å²) in [5.41, 5.74) is 4.35. The quantitative estimate of drug-likeness (QED) is 0.149. The van der Waals surface area contributed by atoms with Gasteiger partial charge in [-0.1, -0.05) is 41.4 Å². The first-order valence-corrected chi connectivity index (χ1v) is 13.3. The van der Waals surface area contributed by atoms with Crippen molar-refractivity contribution >= 4 is 64.1 Å². The fourth-order valence-corrected chi connectivity index (χ4v) is 5.12. The minimum atomic E-state index is -0.606. The summed E-state index contributed by atoms with van der Waals surface area (Å²) >= 11 is 17.8. The summed E-state index contributed by atoms with van der Waals surface area (Å²) in [5, 5.41) is 2.90. The Morgan fingerprint density at radius 1 is 1.00 bits per heavy atom. The van der Waals surface area contributed by atoms with Crippen molar-refractivity contribution < 1.29 is 18.7 Å². The molecule has 0 saturated carbocycles. The van der Waals surface area contributed by atoms with E-state index in [0.29, 0.717) is 17.9 Å². The number of carbonyl (C=O) groups excluding carboxylic acids is 2. The number of nitrogens with zero attached hydrogens (tertiary/aromatic N) is 2. The molecule has 5 rings (SSSR count). The Morgan fingerprint density at radius 2 is 1.70 bits per heavy atom. The number of aromatic nitrogens is 1. The van der Waals surface area contributed by atoms with Crippen molar-refractivity contribution in [1.29, 1.82) is 0 Å². The van der Waals surface area contributed by atoms with Crippen molar-refractivity contribution in [2.24, 2.45) is 0 Å². The van der Waals surface area contributed by atoms with Gasteiger partial charge < -0.3 is 9.30 Å². The van der Waals surface area contributed by atoms with Gasteiger partial charge in [0.2, 0.25) is 0 Å². The second-order valence-electron chi connectivity index (χ2n) is 9.10. The molecule has 2 amide bonds. The molecule has 1 aromatic heterocycles. The van der Waals surface area contributed by atoms with Gasteiger partial charge in [-0.05, 0) is 97.9 Å². The first-order chi connectivity index (χ1) is 19.1. The van der Waals surface area contributed by atoms with E-state index in [1.807, 2.05) is 48.7 Å². The van der Waals surface area contributed by atoms with E-state index in [4.69, 9.17) is 40.2 Å². The highest BCUT2D eigenvalue weighted by atomic mass is 35.5. The fraction of sp³-hybridized carbons (Fsp3) is 0.100. The number of halogens is 3. The topological polar surface area (TPSA) is 63.6 Å². The Balaban J connectivity index is 1.41. The lowest BCUT2D eigenvalue weighted by atomic mass is 10.1. The summed E-state index contributed by atoms with van der Waals surface area (Å²) in [5.74, 6) is -0.833. The maximum absolute atomic E-state index is 13.5. The van der Waals surface area contributed by atoms with Crippen LogP contribution < -0.4 is 15.0 Å². The number of rotatable bonds is 6. The van der Waals surface area contributed by atoms with Gasteiger partial charge in [-0.3, -0.25) is 19.8 Å². The molecule has 4 aromatic rings. The lowest BCUT2D eigenvalue weighted by molar-refractivity contribution is -0.122. The largest absolute Gasteiger partial charge is 0.489 e. The zero-order chi connectivity index (χ0) is 28.6. The Labute approximate surface area is 245 Å². The molecule has 2 heterocycles. The van der Waals surface area contributed by atoms with E-state index in [2.05, 4.69) is 5.32 Å². The van der Waals surface area contributed by atoms with Crippen LogP contribution in [0, 0.1) is 19.7 Å². The first kappa shape index (κ1) is 27.6. The van der Waals surface area contributed by atoms with Gasteiger partial charge in [0.15, 0.2) is 5.11 Å². The standard InChI is InChI=1S/C30H22Cl2FN3O3S/c1-17-14-20(15-24-28(37)34-30(40)36(29(24)38)26-5-3-4-25(31)27(26)32)18(2)35(17)22-10-12-23(13-11-22)39-16-19-6-8-21(33)9-7-19/h3-15H,16H2,1-2H3,(H,34,37,40). The average molecular weight is 594 g/mol. The zero-order valence-corrected chi connectivity index (χ0v) is 23.7. The highest BCUT2D eigenvalue weighted by Crippen LogP contribution is 2.35. The van der Waals surface area contributed by atoms with Crippen LogP contribution in [0.15, 0.2) is 78.4 Å². The average Bonchev–Trinajstić information content (AvgIpc) is 3.21. The molecule has 0 unspecified atom stereocenters. The summed E-state index contributed by atoms with van der Waals surface area (Å²) in [7, 11) is 0. The van der Waals surface area contributed by atoms with Gasteiger partial charge in [0.25, 0.3) is 11.8 Å². The van der Waals surface area contributed by atoms with E-state index in [1.165, 1.54) is 17.0 Å². The van der Waals surface area contributed by atoms with Gasteiger partial charge in [-0.25, -0.2) is 4.39 Å². The van der Waals surface area contributed by atoms with Crippen molar-refractivity contribution in [2.75, 3.05) is 4.90 Å². The summed E-state index contributed by atoms with van der Waals surface area (Å²) in [4.78, 5) is 27.5. The number of benzene rings is 3. The molecule has 1 saturated heterocycles. The predicted octanol–water partition coefficient (Wildman–Crippen LogP) is 6.95. The number of ether oxygens (including phenoxy) is 1. The van der Waals surface area contributed by atoms with Crippen molar-refractivity contribution in [2.45, 2.75) is 20.5 Å². The number of amides is 2. The minimum absolute atomic E-state index is 0.0801. The first-order valence-electron chi connectivity index (χ1n) is 12.2. The van der Waals surface area contributed by atoms with Crippen LogP contribution in [0.25, 0.3) is 11.8 Å². The Kier molecular flexibility index (Phi) is 7.76. The number of anilines is 1. The third-order valence-corrected chi connectivity index (χ3v) is 7.55. The molecule has 1 aliphatic heterocycles. The molecule has 1 N–H and O–H groups in total. The third kappa shape index (κ3) is 5.38. The molecule has 1 aliphatic rings. The van der Waals surface area contributed by atoms with E-state index in [0.717, 1.165) is 22.6 Å². The Morgan fingerprint density at radius 3 is 2.40 bits per heavy atom. The smallest absolute Gasteiger partial charge is 0.270 e. The van der Waals surface area contributed by atoms with Crippen LogP contribution in [-0.2, 0) is 16.2 Å². The SMILES string of the molecule is Cc1cc(C=C2C(=O)NC(=S)N(c3cccc(Cl)c3Cl)C2=O)c(C)n1-c1ccc(OCc2ccc(F)cc2)cc1. The van der Waals surface area contributed by atoms with Crippen LogP contribution in [0.5, 0.6) is 5.75 Å². The van der Waals surface area contributed by atoms with E-state index >= 15 is 0 Å². The lowest BCUT2D eigenvalue weighted by Gasteiger charge is -2.29. The molecule has 1 fully saturated rings. The monoisotopic (exact) mass is 593 g/mol. The van der Waals surface area contributed by atoms with E-state index in [-0.39, 0.29) is 32.2 Å². The van der Waals surface area contributed by atoms with Gasteiger partial charge in [0, 0.05) is 17.1 Å². The van der Waals surface area contributed by atoms with E-state index in [1.54, 1.807) is 36.4 Å². The summed E-state index contributed by atoms with van der Waals surface area (Å²) in [6, 6.07) is 20.4. The highest BCUT2D eigenvalue weighted by Gasteiger charge is 2.36. The van der Waals surface area contributed by atoms with Crippen molar-refractivity contribution in [1.82, 2.24) is 9.88 Å². The van der Waals surface area contributed by atoms with E-state index < -0.39 is 11.8 Å². The molecule has 0 aliphatic carbocycles. The van der Waals surface area contributed by atoms with Gasteiger partial charge in [0.1, 0.15) is 23.7 Å². The molecule has 0 radical (unpaired) electrons. The van der Waals surface area contributed by atoms with Crippen LogP contribution in [0.2, 0.25) is 10.0 Å². The molecular weight excluding hydrogens is 572 g/mol. The molecule has 40 heavy (non-hydrogen) atoms. The van der Waals surface area contributed by atoms with Crippen LogP contribution in [0.3, 0.4) is 0 Å². The predicted molar refractivity (Wildman–Crippen MR) is 159 cm³/mol. The second-order valence-corrected chi connectivity index (χ2v) is 10.3. The van der Waals surface area contributed by atoms with Crippen LogP contribution >= 0.6 is 35.4 Å². The third-order valence-electron chi connectivity index (χ3n) is 6.46. The van der Waals surface area contributed by atoms with E-state index in [9.17, 15) is 14.0 Å². The molecule has 0 atom stereocenters.